The van der Waals surface area contributed by atoms with Crippen molar-refractivity contribution < 1.29 is 9.59 Å². The van der Waals surface area contributed by atoms with E-state index in [1.165, 1.54) is 13.0 Å². The van der Waals surface area contributed by atoms with Crippen LogP contribution in [0.5, 0.6) is 0 Å². The van der Waals surface area contributed by atoms with Crippen LogP contribution in [0.1, 0.15) is 13.8 Å². The first-order chi connectivity index (χ1) is 4.20. The highest BCUT2D eigenvalue weighted by Gasteiger charge is 1.92. The van der Waals surface area contributed by atoms with Gasteiger partial charge in [0.2, 0.25) is 5.91 Å². The molecule has 1 amide bonds. The molecule has 9 heavy (non-hydrogen) atoms. The van der Waals surface area contributed by atoms with E-state index in [2.05, 4.69) is 5.32 Å². The maximum Gasteiger partial charge on any atom is 0.221 e. The second-order valence-electron chi connectivity index (χ2n) is 1.54. The first-order valence-electron chi connectivity index (χ1n) is 2.59. The minimum absolute atomic E-state index is 0.227. The van der Waals surface area contributed by atoms with Crippen molar-refractivity contribution in [2.24, 2.45) is 0 Å². The number of hydrogen-bond acceptors (Lipinski definition) is 2. The summed E-state index contributed by atoms with van der Waals surface area (Å²) in [5.41, 5.74) is 0.308. The lowest BCUT2D eigenvalue weighted by Gasteiger charge is -1.95. The van der Waals surface area contributed by atoms with Crippen LogP contribution < -0.4 is 5.32 Å². The predicted molar refractivity (Wildman–Crippen MR) is 33.6 cm³/mol. The molecule has 0 fully saturated rings. The summed E-state index contributed by atoms with van der Waals surface area (Å²) in [7, 11) is 0. The molecule has 0 aromatic rings. The number of carbonyl (C=O) groups excluding carboxylic acids is 2. The molecule has 0 aromatic heterocycles. The molecule has 0 aromatic carbocycles. The fourth-order valence-corrected chi connectivity index (χ4v) is 0.373. The summed E-state index contributed by atoms with van der Waals surface area (Å²) < 4.78 is 0. The van der Waals surface area contributed by atoms with Crippen LogP contribution in [0.2, 0.25) is 0 Å². The number of nitrogens with one attached hydrogen (secondary N) is 1. The lowest BCUT2D eigenvalue weighted by atomic mass is 10.4. The highest BCUT2D eigenvalue weighted by atomic mass is 16.2. The molecule has 3 heteroatoms. The van der Waals surface area contributed by atoms with Gasteiger partial charge in [0.1, 0.15) is 0 Å². The number of allylic oxidation sites excluding steroid dienone is 2. The number of carbonyl (C=O) groups is 2. The number of hydrogen-bond donors (Lipinski definition) is 1. The van der Waals surface area contributed by atoms with E-state index in [0.29, 0.717) is 12.0 Å². The van der Waals surface area contributed by atoms with Crippen LogP contribution in [0.4, 0.5) is 0 Å². The monoisotopic (exact) mass is 127 g/mol. The summed E-state index contributed by atoms with van der Waals surface area (Å²) in [5, 5.41) is 2.33. The third-order valence-electron chi connectivity index (χ3n) is 0.758. The van der Waals surface area contributed by atoms with Crippen LogP contribution >= 0.6 is 0 Å². The van der Waals surface area contributed by atoms with Crippen LogP contribution in [-0.2, 0) is 9.59 Å². The molecule has 0 unspecified atom stereocenters. The van der Waals surface area contributed by atoms with Crippen molar-refractivity contribution in [2.75, 3.05) is 0 Å². The van der Waals surface area contributed by atoms with Gasteiger partial charge in [-0.2, -0.15) is 0 Å². The van der Waals surface area contributed by atoms with E-state index in [0.717, 1.165) is 0 Å². The van der Waals surface area contributed by atoms with Crippen molar-refractivity contribution in [3.63, 3.8) is 0 Å². The molecule has 0 spiro atoms. The molecule has 0 bridgehead atoms. The van der Waals surface area contributed by atoms with E-state index in [4.69, 9.17) is 0 Å². The molecule has 0 atom stereocenters. The van der Waals surface area contributed by atoms with E-state index < -0.39 is 0 Å². The topological polar surface area (TPSA) is 46.2 Å². The Kier molecular flexibility index (Phi) is 3.35. The first-order valence-corrected chi connectivity index (χ1v) is 2.59. The molecule has 0 radical (unpaired) electrons. The summed E-state index contributed by atoms with van der Waals surface area (Å²) in [5.74, 6) is -0.227. The van der Waals surface area contributed by atoms with Gasteiger partial charge >= 0.3 is 0 Å². The van der Waals surface area contributed by atoms with Crippen LogP contribution in [0.15, 0.2) is 11.8 Å². The third-order valence-corrected chi connectivity index (χ3v) is 0.758. The van der Waals surface area contributed by atoms with E-state index >= 15 is 0 Å². The average Bonchev–Trinajstić information content (AvgIpc) is 1.82. The zero-order chi connectivity index (χ0) is 7.28. The summed E-state index contributed by atoms with van der Waals surface area (Å²) in [6.45, 7) is 3.03. The molecular weight excluding hydrogens is 118 g/mol. The number of aldehydes is 1. The minimum Gasteiger partial charge on any atom is -0.324 e. The second kappa shape index (κ2) is 3.83. The normalized spacial score (nSPS) is 10.7. The first kappa shape index (κ1) is 7.88. The van der Waals surface area contributed by atoms with Gasteiger partial charge in [-0.15, -0.1) is 0 Å². The van der Waals surface area contributed by atoms with Crippen molar-refractivity contribution >= 4 is 12.2 Å². The Morgan fingerprint density at radius 3 is 2.22 bits per heavy atom. The standard InChI is InChI=1S/C6H9NO2/c1-3-6(4-8)7-5(2)9/h3-4H,1-2H3,(H,7,9)/b6-3-. The molecule has 3 nitrogen and oxygen atoms in total. The third kappa shape index (κ3) is 3.46. The Hall–Kier alpha value is -1.12. The SMILES string of the molecule is C/C=C(/C=O)NC(C)=O. The molecular formula is C6H9NO2. The van der Waals surface area contributed by atoms with Gasteiger partial charge < -0.3 is 5.32 Å². The quantitative estimate of drug-likeness (QED) is 0.426. The van der Waals surface area contributed by atoms with Gasteiger partial charge in [0.05, 0.1) is 5.70 Å². The van der Waals surface area contributed by atoms with Crippen molar-refractivity contribution in [2.45, 2.75) is 13.8 Å². The van der Waals surface area contributed by atoms with Gasteiger partial charge in [-0.25, -0.2) is 0 Å². The zero-order valence-electron chi connectivity index (χ0n) is 5.47. The fraction of sp³-hybridized carbons (Fsp3) is 0.333. The van der Waals surface area contributed by atoms with Crippen molar-refractivity contribution in [3.05, 3.63) is 11.8 Å². The molecule has 0 rings (SSSR count). The van der Waals surface area contributed by atoms with Crippen molar-refractivity contribution in [1.29, 1.82) is 0 Å². The van der Waals surface area contributed by atoms with Gasteiger partial charge in [-0.05, 0) is 6.92 Å². The molecule has 0 saturated carbocycles. The van der Waals surface area contributed by atoms with Crippen LogP contribution in [-0.4, -0.2) is 12.2 Å². The van der Waals surface area contributed by atoms with Gasteiger partial charge in [0.15, 0.2) is 6.29 Å². The Balaban J connectivity index is 3.86. The smallest absolute Gasteiger partial charge is 0.221 e. The lowest BCUT2D eigenvalue weighted by molar-refractivity contribution is -0.119. The predicted octanol–water partition coefficient (Wildman–Crippen LogP) is 0.225. The van der Waals surface area contributed by atoms with E-state index in [1.807, 2.05) is 0 Å². The molecule has 0 saturated heterocycles. The molecule has 0 aliphatic rings. The van der Waals surface area contributed by atoms with Gasteiger partial charge in [-0.3, -0.25) is 9.59 Å². The Morgan fingerprint density at radius 2 is 2.11 bits per heavy atom. The Morgan fingerprint density at radius 1 is 1.56 bits per heavy atom. The maximum absolute atomic E-state index is 10.3. The average molecular weight is 127 g/mol. The zero-order valence-corrected chi connectivity index (χ0v) is 5.47. The molecule has 50 valence electrons. The maximum atomic E-state index is 10.3. The van der Waals surface area contributed by atoms with Gasteiger partial charge in [0.25, 0.3) is 0 Å². The van der Waals surface area contributed by atoms with Crippen LogP contribution in [0.3, 0.4) is 0 Å². The summed E-state index contributed by atoms with van der Waals surface area (Å²) in [6.07, 6.45) is 2.13. The highest BCUT2D eigenvalue weighted by Crippen LogP contribution is 1.80. The van der Waals surface area contributed by atoms with Crippen LogP contribution in [0.25, 0.3) is 0 Å². The highest BCUT2D eigenvalue weighted by molar-refractivity contribution is 5.84. The van der Waals surface area contributed by atoms with Gasteiger partial charge in [-0.1, -0.05) is 6.08 Å². The Bertz CT molecular complexity index is 149. The largest absolute Gasteiger partial charge is 0.324 e. The van der Waals surface area contributed by atoms with E-state index in [9.17, 15) is 9.59 Å². The minimum atomic E-state index is -0.227. The number of rotatable bonds is 2. The lowest BCUT2D eigenvalue weighted by Crippen LogP contribution is -2.19. The van der Waals surface area contributed by atoms with Crippen LogP contribution in [0, 0.1) is 0 Å². The summed E-state index contributed by atoms with van der Waals surface area (Å²) >= 11 is 0. The molecule has 0 aliphatic heterocycles. The van der Waals surface area contributed by atoms with Gasteiger partial charge in [0, 0.05) is 6.92 Å². The van der Waals surface area contributed by atoms with Crippen molar-refractivity contribution in [3.8, 4) is 0 Å². The second-order valence-corrected chi connectivity index (χ2v) is 1.54. The Labute approximate surface area is 53.7 Å². The fourth-order valence-electron chi connectivity index (χ4n) is 0.373. The molecule has 0 heterocycles. The van der Waals surface area contributed by atoms with E-state index in [-0.39, 0.29) is 5.91 Å². The van der Waals surface area contributed by atoms with Crippen molar-refractivity contribution in [1.82, 2.24) is 5.32 Å². The number of amides is 1. The summed E-state index contributed by atoms with van der Waals surface area (Å²) in [6, 6.07) is 0. The molecule has 0 aliphatic carbocycles. The van der Waals surface area contributed by atoms with E-state index in [1.54, 1.807) is 6.92 Å². The summed E-state index contributed by atoms with van der Waals surface area (Å²) in [4.78, 5) is 20.2. The molecule has 1 N–H and O–H groups in total.